The smallest absolute Gasteiger partial charge is 0.407 e. The summed E-state index contributed by atoms with van der Waals surface area (Å²) in [6.07, 6.45) is 2.47. The molecule has 4 heteroatoms. The summed E-state index contributed by atoms with van der Waals surface area (Å²) in [6.45, 7) is 6.87. The van der Waals surface area contributed by atoms with Crippen molar-refractivity contribution in [2.24, 2.45) is 5.73 Å². The monoisotopic (exact) mass is 278 g/mol. The van der Waals surface area contributed by atoms with Gasteiger partial charge < -0.3 is 15.8 Å². The van der Waals surface area contributed by atoms with E-state index in [1.54, 1.807) is 0 Å². The largest absolute Gasteiger partial charge is 0.444 e. The summed E-state index contributed by atoms with van der Waals surface area (Å²) in [5.41, 5.74) is 7.55. The molecule has 0 saturated carbocycles. The molecule has 1 amide bonds. The molecule has 0 spiro atoms. The minimum atomic E-state index is -0.450. The highest BCUT2D eigenvalue weighted by atomic mass is 16.6. The van der Waals surface area contributed by atoms with Crippen LogP contribution in [-0.2, 0) is 17.6 Å². The first-order valence-electron chi connectivity index (χ1n) is 7.15. The Morgan fingerprint density at radius 2 is 1.70 bits per heavy atom. The van der Waals surface area contributed by atoms with Gasteiger partial charge in [-0.3, -0.25) is 0 Å². The third-order valence-electron chi connectivity index (χ3n) is 2.77. The molecule has 0 aliphatic carbocycles. The van der Waals surface area contributed by atoms with Crippen LogP contribution in [0.15, 0.2) is 24.3 Å². The normalized spacial score (nSPS) is 11.2. The maximum Gasteiger partial charge on any atom is 0.407 e. The Kier molecular flexibility index (Phi) is 6.52. The molecular formula is C16H26N2O2. The third kappa shape index (κ3) is 7.14. The van der Waals surface area contributed by atoms with Gasteiger partial charge in [0.15, 0.2) is 0 Å². The lowest BCUT2D eigenvalue weighted by molar-refractivity contribution is 0.0528. The number of hydrogen-bond donors (Lipinski definition) is 2. The van der Waals surface area contributed by atoms with Crippen LogP contribution in [0.4, 0.5) is 4.79 Å². The van der Waals surface area contributed by atoms with E-state index in [9.17, 15) is 4.79 Å². The Balaban J connectivity index is 2.30. The highest BCUT2D eigenvalue weighted by molar-refractivity contribution is 5.67. The topological polar surface area (TPSA) is 64.3 Å². The molecule has 0 atom stereocenters. The van der Waals surface area contributed by atoms with Crippen LogP contribution in [0.1, 0.15) is 38.3 Å². The van der Waals surface area contributed by atoms with Crippen LogP contribution in [0.3, 0.4) is 0 Å². The van der Waals surface area contributed by atoms with Crippen molar-refractivity contribution in [2.75, 3.05) is 13.1 Å². The van der Waals surface area contributed by atoms with Gasteiger partial charge in [0, 0.05) is 6.54 Å². The number of hydrogen-bond acceptors (Lipinski definition) is 3. The van der Waals surface area contributed by atoms with Crippen molar-refractivity contribution in [3.63, 3.8) is 0 Å². The van der Waals surface area contributed by atoms with Gasteiger partial charge in [0.25, 0.3) is 0 Å². The van der Waals surface area contributed by atoms with Crippen molar-refractivity contribution in [3.05, 3.63) is 35.4 Å². The summed E-state index contributed by atoms with van der Waals surface area (Å²) in [4.78, 5) is 11.5. The van der Waals surface area contributed by atoms with Crippen molar-refractivity contribution in [3.8, 4) is 0 Å². The van der Waals surface area contributed by atoms with Crippen molar-refractivity contribution < 1.29 is 9.53 Å². The van der Waals surface area contributed by atoms with E-state index in [-0.39, 0.29) is 6.09 Å². The zero-order valence-corrected chi connectivity index (χ0v) is 12.7. The number of benzene rings is 1. The fourth-order valence-electron chi connectivity index (χ4n) is 1.80. The van der Waals surface area contributed by atoms with Gasteiger partial charge in [-0.2, -0.15) is 0 Å². The lowest BCUT2D eigenvalue weighted by Crippen LogP contribution is -2.33. The first-order chi connectivity index (χ1) is 9.40. The quantitative estimate of drug-likeness (QED) is 0.840. The number of carbonyl (C=O) groups is 1. The average molecular weight is 278 g/mol. The summed E-state index contributed by atoms with van der Waals surface area (Å²) < 4.78 is 5.18. The van der Waals surface area contributed by atoms with Crippen LogP contribution < -0.4 is 11.1 Å². The molecule has 0 fully saturated rings. The van der Waals surface area contributed by atoms with Crippen molar-refractivity contribution in [1.82, 2.24) is 5.32 Å². The lowest BCUT2D eigenvalue weighted by atomic mass is 10.1. The van der Waals surface area contributed by atoms with Crippen LogP contribution in [0.25, 0.3) is 0 Å². The van der Waals surface area contributed by atoms with E-state index >= 15 is 0 Å². The van der Waals surface area contributed by atoms with Gasteiger partial charge in [0.05, 0.1) is 0 Å². The summed E-state index contributed by atoms with van der Waals surface area (Å²) in [5, 5.41) is 2.76. The zero-order chi connectivity index (χ0) is 15.0. The van der Waals surface area contributed by atoms with E-state index in [4.69, 9.17) is 10.5 Å². The maximum atomic E-state index is 11.5. The molecule has 0 unspecified atom stereocenters. The highest BCUT2D eigenvalue weighted by Crippen LogP contribution is 2.08. The standard InChI is InChI=1S/C16H26N2O2/c1-16(2,3)20-15(19)18-12-10-14-8-6-13(7-9-14)5-4-11-17/h6-9H,4-5,10-12,17H2,1-3H3,(H,18,19). The first-order valence-corrected chi connectivity index (χ1v) is 7.15. The molecule has 0 aromatic heterocycles. The number of nitrogens with two attached hydrogens (primary N) is 1. The molecule has 1 aromatic rings. The van der Waals surface area contributed by atoms with E-state index in [1.165, 1.54) is 11.1 Å². The predicted octanol–water partition coefficient (Wildman–Crippen LogP) is 2.65. The van der Waals surface area contributed by atoms with Gasteiger partial charge in [-0.1, -0.05) is 24.3 Å². The summed E-state index contributed by atoms with van der Waals surface area (Å²) in [6, 6.07) is 8.45. The molecule has 4 nitrogen and oxygen atoms in total. The van der Waals surface area contributed by atoms with E-state index in [0.29, 0.717) is 6.54 Å². The molecule has 0 aliphatic rings. The van der Waals surface area contributed by atoms with Crippen molar-refractivity contribution in [1.29, 1.82) is 0 Å². The highest BCUT2D eigenvalue weighted by Gasteiger charge is 2.15. The molecule has 1 rings (SSSR count). The first kappa shape index (κ1) is 16.5. The number of ether oxygens (including phenoxy) is 1. The predicted molar refractivity (Wildman–Crippen MR) is 81.8 cm³/mol. The second-order valence-electron chi connectivity index (χ2n) is 5.89. The van der Waals surface area contributed by atoms with Crippen molar-refractivity contribution in [2.45, 2.75) is 45.6 Å². The molecule has 1 aromatic carbocycles. The molecule has 0 heterocycles. The number of amides is 1. The number of aryl methyl sites for hydroxylation is 1. The van der Waals surface area contributed by atoms with Crippen LogP contribution in [0.2, 0.25) is 0 Å². The molecule has 0 radical (unpaired) electrons. The molecule has 0 aliphatic heterocycles. The lowest BCUT2D eigenvalue weighted by Gasteiger charge is -2.19. The Morgan fingerprint density at radius 1 is 1.15 bits per heavy atom. The van der Waals surface area contributed by atoms with Gasteiger partial charge in [0.1, 0.15) is 5.60 Å². The molecule has 0 saturated heterocycles. The van der Waals surface area contributed by atoms with Crippen LogP contribution in [-0.4, -0.2) is 24.8 Å². The molecule has 112 valence electrons. The number of rotatable bonds is 6. The van der Waals surface area contributed by atoms with E-state index in [2.05, 4.69) is 29.6 Å². The number of nitrogens with one attached hydrogen (secondary N) is 1. The summed E-state index contributed by atoms with van der Waals surface area (Å²) in [5.74, 6) is 0. The van der Waals surface area contributed by atoms with E-state index < -0.39 is 5.60 Å². The maximum absolute atomic E-state index is 11.5. The molecule has 20 heavy (non-hydrogen) atoms. The minimum Gasteiger partial charge on any atom is -0.444 e. The summed E-state index contributed by atoms with van der Waals surface area (Å²) >= 11 is 0. The fraction of sp³-hybridized carbons (Fsp3) is 0.562. The molecule has 3 N–H and O–H groups in total. The fourth-order valence-corrected chi connectivity index (χ4v) is 1.80. The zero-order valence-electron chi connectivity index (χ0n) is 12.7. The van der Waals surface area contributed by atoms with Gasteiger partial charge in [-0.05, 0) is 57.7 Å². The Bertz CT molecular complexity index is 407. The van der Waals surface area contributed by atoms with Gasteiger partial charge in [0.2, 0.25) is 0 Å². The Labute approximate surface area is 121 Å². The average Bonchev–Trinajstić information content (AvgIpc) is 2.35. The van der Waals surface area contributed by atoms with Gasteiger partial charge >= 0.3 is 6.09 Å². The van der Waals surface area contributed by atoms with Crippen molar-refractivity contribution >= 4 is 6.09 Å². The van der Waals surface area contributed by atoms with Gasteiger partial charge in [-0.25, -0.2) is 4.79 Å². The SMILES string of the molecule is CC(C)(C)OC(=O)NCCc1ccc(CCCN)cc1. The van der Waals surface area contributed by atoms with Crippen LogP contribution in [0, 0.1) is 0 Å². The molecule has 0 bridgehead atoms. The van der Waals surface area contributed by atoms with E-state index in [0.717, 1.165) is 25.8 Å². The second-order valence-corrected chi connectivity index (χ2v) is 5.89. The Morgan fingerprint density at radius 3 is 2.20 bits per heavy atom. The van der Waals surface area contributed by atoms with Crippen LogP contribution in [0.5, 0.6) is 0 Å². The number of alkyl carbamates (subject to hydrolysis) is 1. The van der Waals surface area contributed by atoms with Gasteiger partial charge in [-0.15, -0.1) is 0 Å². The summed E-state index contributed by atoms with van der Waals surface area (Å²) in [7, 11) is 0. The van der Waals surface area contributed by atoms with E-state index in [1.807, 2.05) is 20.8 Å². The van der Waals surface area contributed by atoms with Crippen LogP contribution >= 0.6 is 0 Å². The number of carbonyl (C=O) groups excluding carboxylic acids is 1. The molecular weight excluding hydrogens is 252 g/mol. The second kappa shape index (κ2) is 7.90. The minimum absolute atomic E-state index is 0.364. The Hall–Kier alpha value is -1.55. The third-order valence-corrected chi connectivity index (χ3v) is 2.77.